The molecule has 5 heteroatoms. The lowest BCUT2D eigenvalue weighted by Gasteiger charge is -2.39. The maximum absolute atomic E-state index is 13.5. The number of halogens is 3. The van der Waals surface area contributed by atoms with E-state index in [0.717, 1.165) is 13.0 Å². The van der Waals surface area contributed by atoms with Crippen LogP contribution in [0.25, 0.3) is 0 Å². The van der Waals surface area contributed by atoms with Crippen molar-refractivity contribution in [3.05, 3.63) is 33.6 Å². The third kappa shape index (κ3) is 2.80. The Morgan fingerprint density at radius 2 is 2.17 bits per heavy atom. The molecule has 1 N–H and O–H groups in total. The summed E-state index contributed by atoms with van der Waals surface area (Å²) in [6.07, 6.45) is 0.632. The van der Waals surface area contributed by atoms with Crippen LogP contribution in [0, 0.1) is 5.82 Å². The maximum atomic E-state index is 13.5. The number of hydrogen-bond acceptors (Lipinski definition) is 2. The van der Waals surface area contributed by atoms with Crippen LogP contribution in [0.3, 0.4) is 0 Å². The first kappa shape index (κ1) is 14.1. The SMILES string of the molecule is CCC1(C)CNCC(c2cc(F)c(Cl)cc2Cl)O1. The molecule has 0 radical (unpaired) electrons. The van der Waals surface area contributed by atoms with Gasteiger partial charge in [-0.1, -0.05) is 30.1 Å². The van der Waals surface area contributed by atoms with Crippen LogP contribution in [0.2, 0.25) is 10.0 Å². The van der Waals surface area contributed by atoms with Gasteiger partial charge in [0.15, 0.2) is 0 Å². The van der Waals surface area contributed by atoms with Gasteiger partial charge in [0.05, 0.1) is 16.7 Å². The summed E-state index contributed by atoms with van der Waals surface area (Å²) in [7, 11) is 0. The highest BCUT2D eigenvalue weighted by Gasteiger charge is 2.33. The molecular formula is C13H16Cl2FNO. The number of rotatable bonds is 2. The second-order valence-corrected chi connectivity index (χ2v) is 5.64. The van der Waals surface area contributed by atoms with Gasteiger partial charge >= 0.3 is 0 Å². The molecule has 2 unspecified atom stereocenters. The minimum absolute atomic E-state index is 0.0331. The molecule has 18 heavy (non-hydrogen) atoms. The number of morpholine rings is 1. The maximum Gasteiger partial charge on any atom is 0.142 e. The first-order valence-corrected chi connectivity index (χ1v) is 6.74. The number of nitrogens with one attached hydrogen (secondary N) is 1. The highest BCUT2D eigenvalue weighted by molar-refractivity contribution is 6.35. The summed E-state index contributed by atoms with van der Waals surface area (Å²) in [5.41, 5.74) is 0.396. The summed E-state index contributed by atoms with van der Waals surface area (Å²) in [5.74, 6) is -0.469. The van der Waals surface area contributed by atoms with Gasteiger partial charge in [-0.2, -0.15) is 0 Å². The molecule has 1 aromatic carbocycles. The topological polar surface area (TPSA) is 21.3 Å². The highest BCUT2D eigenvalue weighted by atomic mass is 35.5. The Labute approximate surface area is 116 Å². The first-order valence-electron chi connectivity index (χ1n) is 5.98. The molecule has 2 nitrogen and oxygen atoms in total. The van der Waals surface area contributed by atoms with E-state index in [1.54, 1.807) is 0 Å². The summed E-state index contributed by atoms with van der Waals surface area (Å²) in [5, 5.41) is 3.77. The zero-order chi connectivity index (χ0) is 13.3. The fourth-order valence-corrected chi connectivity index (χ4v) is 2.57. The van der Waals surface area contributed by atoms with Crippen molar-refractivity contribution >= 4 is 23.2 Å². The molecule has 0 bridgehead atoms. The van der Waals surface area contributed by atoms with E-state index >= 15 is 0 Å². The van der Waals surface area contributed by atoms with Gasteiger partial charge < -0.3 is 10.1 Å². The molecule has 0 aliphatic carbocycles. The Morgan fingerprint density at radius 3 is 2.83 bits per heavy atom. The fraction of sp³-hybridized carbons (Fsp3) is 0.538. The largest absolute Gasteiger partial charge is 0.365 e. The van der Waals surface area contributed by atoms with E-state index in [-0.39, 0.29) is 16.7 Å². The van der Waals surface area contributed by atoms with Gasteiger partial charge in [0.1, 0.15) is 5.82 Å². The Hall–Kier alpha value is -0.350. The second-order valence-electron chi connectivity index (χ2n) is 4.83. The molecule has 0 amide bonds. The summed E-state index contributed by atoms with van der Waals surface area (Å²) in [6, 6.07) is 2.79. The molecule has 0 saturated carbocycles. The Morgan fingerprint density at radius 1 is 1.44 bits per heavy atom. The van der Waals surface area contributed by atoms with Crippen LogP contribution >= 0.6 is 23.2 Å². The molecule has 1 aliphatic heterocycles. The minimum atomic E-state index is -0.469. The van der Waals surface area contributed by atoms with E-state index in [2.05, 4.69) is 12.2 Å². The van der Waals surface area contributed by atoms with Crippen LogP contribution in [-0.2, 0) is 4.74 Å². The third-order valence-corrected chi connectivity index (χ3v) is 4.01. The molecule has 1 heterocycles. The smallest absolute Gasteiger partial charge is 0.142 e. The molecular weight excluding hydrogens is 276 g/mol. The zero-order valence-electron chi connectivity index (χ0n) is 10.4. The van der Waals surface area contributed by atoms with Crippen molar-refractivity contribution in [2.45, 2.75) is 32.0 Å². The van der Waals surface area contributed by atoms with Gasteiger partial charge in [-0.25, -0.2) is 4.39 Å². The minimum Gasteiger partial charge on any atom is -0.365 e. The van der Waals surface area contributed by atoms with Crippen LogP contribution < -0.4 is 5.32 Å². The van der Waals surface area contributed by atoms with Gasteiger partial charge in [-0.15, -0.1) is 0 Å². The average Bonchev–Trinajstić information content (AvgIpc) is 2.34. The Bertz CT molecular complexity index is 455. The van der Waals surface area contributed by atoms with E-state index in [1.165, 1.54) is 12.1 Å². The van der Waals surface area contributed by atoms with Crippen molar-refractivity contribution in [2.24, 2.45) is 0 Å². The molecule has 0 spiro atoms. The predicted molar refractivity (Wildman–Crippen MR) is 71.8 cm³/mol. The van der Waals surface area contributed by atoms with E-state index in [4.69, 9.17) is 27.9 Å². The van der Waals surface area contributed by atoms with E-state index in [0.29, 0.717) is 17.1 Å². The van der Waals surface area contributed by atoms with Gasteiger partial charge in [-0.05, 0) is 25.5 Å². The van der Waals surface area contributed by atoms with Crippen molar-refractivity contribution < 1.29 is 9.13 Å². The van der Waals surface area contributed by atoms with Crippen LogP contribution in [-0.4, -0.2) is 18.7 Å². The van der Waals surface area contributed by atoms with Crippen molar-refractivity contribution in [3.63, 3.8) is 0 Å². The fourth-order valence-electron chi connectivity index (χ4n) is 2.06. The molecule has 2 rings (SSSR count). The van der Waals surface area contributed by atoms with Gasteiger partial charge in [0, 0.05) is 23.7 Å². The third-order valence-electron chi connectivity index (χ3n) is 3.39. The lowest BCUT2D eigenvalue weighted by molar-refractivity contribution is -0.109. The standard InChI is InChI=1S/C13H16Cl2FNO/c1-3-13(2)7-17-6-12(18-13)8-4-11(16)10(15)5-9(8)14/h4-5,12,17H,3,6-7H2,1-2H3. The summed E-state index contributed by atoms with van der Waals surface area (Å²) in [6.45, 7) is 5.50. The van der Waals surface area contributed by atoms with Crippen molar-refractivity contribution in [3.8, 4) is 0 Å². The van der Waals surface area contributed by atoms with Crippen molar-refractivity contribution in [1.82, 2.24) is 5.32 Å². The zero-order valence-corrected chi connectivity index (χ0v) is 11.9. The number of ether oxygens (including phenoxy) is 1. The second kappa shape index (κ2) is 5.33. The van der Waals surface area contributed by atoms with E-state index < -0.39 is 5.82 Å². The molecule has 1 aromatic rings. The lowest BCUT2D eigenvalue weighted by Crippen LogP contribution is -2.48. The van der Waals surface area contributed by atoms with Crippen LogP contribution in [0.4, 0.5) is 4.39 Å². The molecule has 1 aliphatic rings. The summed E-state index contributed by atoms with van der Waals surface area (Å²) >= 11 is 11.8. The van der Waals surface area contributed by atoms with Crippen LogP contribution in [0.5, 0.6) is 0 Å². The summed E-state index contributed by atoms with van der Waals surface area (Å²) in [4.78, 5) is 0. The quantitative estimate of drug-likeness (QED) is 0.833. The number of hydrogen-bond donors (Lipinski definition) is 1. The average molecular weight is 292 g/mol. The van der Waals surface area contributed by atoms with Gasteiger partial charge in [0.25, 0.3) is 0 Å². The van der Waals surface area contributed by atoms with Crippen LogP contribution in [0.15, 0.2) is 12.1 Å². The van der Waals surface area contributed by atoms with Crippen molar-refractivity contribution in [2.75, 3.05) is 13.1 Å². The van der Waals surface area contributed by atoms with Crippen molar-refractivity contribution in [1.29, 1.82) is 0 Å². The first-order chi connectivity index (χ1) is 8.45. The van der Waals surface area contributed by atoms with Crippen LogP contribution in [0.1, 0.15) is 31.9 Å². The predicted octanol–water partition coefficient (Wildman–Crippen LogP) is 3.96. The van der Waals surface area contributed by atoms with Gasteiger partial charge in [0.2, 0.25) is 0 Å². The molecule has 1 fully saturated rings. The molecule has 100 valence electrons. The normalized spacial score (nSPS) is 28.4. The van der Waals surface area contributed by atoms with Gasteiger partial charge in [-0.3, -0.25) is 0 Å². The monoisotopic (exact) mass is 291 g/mol. The summed E-state index contributed by atoms with van der Waals surface area (Å²) < 4.78 is 19.6. The van der Waals surface area contributed by atoms with E-state index in [9.17, 15) is 4.39 Å². The Kier molecular flexibility index (Phi) is 4.17. The number of benzene rings is 1. The molecule has 0 aromatic heterocycles. The lowest BCUT2D eigenvalue weighted by atomic mass is 9.98. The Balaban J connectivity index is 2.29. The molecule has 1 saturated heterocycles. The highest BCUT2D eigenvalue weighted by Crippen LogP contribution is 2.35. The van der Waals surface area contributed by atoms with E-state index in [1.807, 2.05) is 6.92 Å². The molecule has 2 atom stereocenters.